The lowest BCUT2D eigenvalue weighted by Gasteiger charge is -2.03. The van der Waals surface area contributed by atoms with Crippen molar-refractivity contribution >= 4 is 28.8 Å². The lowest BCUT2D eigenvalue weighted by molar-refractivity contribution is -0.111. The van der Waals surface area contributed by atoms with E-state index in [1.165, 1.54) is 6.08 Å². The number of carbonyl (C=O) groups excluding carboxylic acids is 1. The number of aromatic nitrogens is 1. The molecule has 0 atom stereocenters. The summed E-state index contributed by atoms with van der Waals surface area (Å²) in [5.41, 5.74) is 5.29. The fourth-order valence-corrected chi connectivity index (χ4v) is 2.77. The molecule has 0 unspecified atom stereocenters. The standard InChI is InChI=1S/C23H18N2O2/c1-16-7-13-20-21(15-16)27-23(25-20)18-9-11-19(12-10-18)24-22(26)14-8-17-5-3-2-4-6-17/h2-15H,1H3,(H,24,26)/b14-8+. The molecule has 0 saturated carbocycles. The Morgan fingerprint density at radius 1 is 1.00 bits per heavy atom. The second kappa shape index (κ2) is 7.30. The molecular weight excluding hydrogens is 336 g/mol. The van der Waals surface area contributed by atoms with Gasteiger partial charge in [0, 0.05) is 17.3 Å². The summed E-state index contributed by atoms with van der Waals surface area (Å²) in [6.45, 7) is 2.02. The Labute approximate surface area is 157 Å². The molecule has 1 aromatic heterocycles. The third kappa shape index (κ3) is 3.96. The number of anilines is 1. The number of benzene rings is 3. The molecule has 4 rings (SSSR count). The number of nitrogens with one attached hydrogen (secondary N) is 1. The van der Waals surface area contributed by atoms with E-state index in [-0.39, 0.29) is 5.91 Å². The van der Waals surface area contributed by atoms with Gasteiger partial charge in [0.25, 0.3) is 0 Å². The first-order valence-electron chi connectivity index (χ1n) is 8.69. The van der Waals surface area contributed by atoms with Crippen LogP contribution in [0.1, 0.15) is 11.1 Å². The molecule has 4 aromatic rings. The molecule has 1 amide bonds. The van der Waals surface area contributed by atoms with E-state index in [0.717, 1.165) is 27.8 Å². The van der Waals surface area contributed by atoms with Crippen molar-refractivity contribution in [3.63, 3.8) is 0 Å². The maximum Gasteiger partial charge on any atom is 0.248 e. The molecule has 1 N–H and O–H groups in total. The van der Waals surface area contributed by atoms with Crippen molar-refractivity contribution in [2.45, 2.75) is 6.92 Å². The summed E-state index contributed by atoms with van der Waals surface area (Å²) >= 11 is 0. The van der Waals surface area contributed by atoms with Crippen LogP contribution in [0.15, 0.2) is 83.3 Å². The first-order valence-corrected chi connectivity index (χ1v) is 8.69. The number of carbonyl (C=O) groups is 1. The maximum absolute atomic E-state index is 12.1. The van der Waals surface area contributed by atoms with E-state index in [0.29, 0.717) is 11.6 Å². The van der Waals surface area contributed by atoms with Crippen LogP contribution >= 0.6 is 0 Å². The van der Waals surface area contributed by atoms with E-state index in [1.807, 2.05) is 79.7 Å². The van der Waals surface area contributed by atoms with Crippen molar-refractivity contribution in [3.8, 4) is 11.5 Å². The minimum absolute atomic E-state index is 0.177. The summed E-state index contributed by atoms with van der Waals surface area (Å²) in [4.78, 5) is 16.6. The van der Waals surface area contributed by atoms with Gasteiger partial charge in [-0.3, -0.25) is 4.79 Å². The average Bonchev–Trinajstić information content (AvgIpc) is 3.11. The van der Waals surface area contributed by atoms with Crippen molar-refractivity contribution in [2.75, 3.05) is 5.32 Å². The zero-order valence-electron chi connectivity index (χ0n) is 14.8. The second-order valence-corrected chi connectivity index (χ2v) is 6.30. The quantitative estimate of drug-likeness (QED) is 0.495. The summed E-state index contributed by atoms with van der Waals surface area (Å²) in [6.07, 6.45) is 3.30. The summed E-state index contributed by atoms with van der Waals surface area (Å²) in [5, 5.41) is 2.85. The molecule has 0 fully saturated rings. The van der Waals surface area contributed by atoms with Crippen LogP contribution in [0.3, 0.4) is 0 Å². The maximum atomic E-state index is 12.1. The molecule has 0 aliphatic heterocycles. The number of hydrogen-bond acceptors (Lipinski definition) is 3. The second-order valence-electron chi connectivity index (χ2n) is 6.30. The summed E-state index contributed by atoms with van der Waals surface area (Å²) in [6, 6.07) is 23.1. The van der Waals surface area contributed by atoms with Gasteiger partial charge in [-0.15, -0.1) is 0 Å². The van der Waals surface area contributed by atoms with E-state index in [1.54, 1.807) is 6.08 Å². The van der Waals surface area contributed by atoms with Crippen molar-refractivity contribution in [3.05, 3.63) is 90.0 Å². The van der Waals surface area contributed by atoms with E-state index in [9.17, 15) is 4.79 Å². The highest BCUT2D eigenvalue weighted by molar-refractivity contribution is 6.02. The van der Waals surface area contributed by atoms with Crippen LogP contribution in [-0.2, 0) is 4.79 Å². The predicted octanol–water partition coefficient (Wildman–Crippen LogP) is 5.46. The highest BCUT2D eigenvalue weighted by Crippen LogP contribution is 2.26. The first-order chi connectivity index (χ1) is 13.2. The van der Waals surface area contributed by atoms with Crippen LogP contribution in [0, 0.1) is 6.92 Å². The molecular formula is C23H18N2O2. The number of nitrogens with zero attached hydrogens (tertiary/aromatic N) is 1. The van der Waals surface area contributed by atoms with Crippen LogP contribution in [0.4, 0.5) is 5.69 Å². The Kier molecular flexibility index (Phi) is 4.54. The highest BCUT2D eigenvalue weighted by Gasteiger charge is 2.08. The van der Waals surface area contributed by atoms with Gasteiger partial charge in [-0.25, -0.2) is 4.98 Å². The van der Waals surface area contributed by atoms with Crippen molar-refractivity contribution in [2.24, 2.45) is 0 Å². The molecule has 0 saturated heterocycles. The SMILES string of the molecule is Cc1ccc2nc(-c3ccc(NC(=O)/C=C/c4ccccc4)cc3)oc2c1. The Morgan fingerprint density at radius 2 is 1.78 bits per heavy atom. The molecule has 4 heteroatoms. The number of rotatable bonds is 4. The zero-order valence-corrected chi connectivity index (χ0v) is 14.8. The van der Waals surface area contributed by atoms with Gasteiger partial charge in [-0.2, -0.15) is 0 Å². The molecule has 27 heavy (non-hydrogen) atoms. The summed E-state index contributed by atoms with van der Waals surface area (Å²) in [5.74, 6) is 0.390. The van der Waals surface area contributed by atoms with Crippen molar-refractivity contribution < 1.29 is 9.21 Å². The van der Waals surface area contributed by atoms with Gasteiger partial charge in [0.2, 0.25) is 11.8 Å². The van der Waals surface area contributed by atoms with E-state index < -0.39 is 0 Å². The Bertz CT molecular complexity index is 1110. The summed E-state index contributed by atoms with van der Waals surface area (Å²) < 4.78 is 5.83. The van der Waals surface area contributed by atoms with Crippen LogP contribution in [-0.4, -0.2) is 10.9 Å². The molecule has 0 radical (unpaired) electrons. The minimum atomic E-state index is -0.177. The van der Waals surface area contributed by atoms with Gasteiger partial charge in [-0.05, 0) is 60.5 Å². The van der Waals surface area contributed by atoms with Gasteiger partial charge in [0.05, 0.1) is 0 Å². The predicted molar refractivity (Wildman–Crippen MR) is 108 cm³/mol. The van der Waals surface area contributed by atoms with Crippen LogP contribution in [0.2, 0.25) is 0 Å². The van der Waals surface area contributed by atoms with Gasteiger partial charge >= 0.3 is 0 Å². The Hall–Kier alpha value is -3.66. The topological polar surface area (TPSA) is 55.1 Å². The molecule has 0 aliphatic carbocycles. The third-order valence-corrected chi connectivity index (χ3v) is 4.17. The zero-order chi connectivity index (χ0) is 18.6. The molecule has 0 spiro atoms. The smallest absolute Gasteiger partial charge is 0.248 e. The van der Waals surface area contributed by atoms with Crippen molar-refractivity contribution in [1.82, 2.24) is 4.98 Å². The van der Waals surface area contributed by atoms with Gasteiger partial charge < -0.3 is 9.73 Å². The van der Waals surface area contributed by atoms with Gasteiger partial charge in [0.15, 0.2) is 5.58 Å². The molecule has 0 bridgehead atoms. The Balaban J connectivity index is 1.46. The highest BCUT2D eigenvalue weighted by atomic mass is 16.3. The summed E-state index contributed by atoms with van der Waals surface area (Å²) in [7, 11) is 0. The van der Waals surface area contributed by atoms with Crippen LogP contribution in [0.5, 0.6) is 0 Å². The first kappa shape index (κ1) is 16.8. The van der Waals surface area contributed by atoms with E-state index in [4.69, 9.17) is 4.42 Å². The third-order valence-electron chi connectivity index (χ3n) is 4.17. The van der Waals surface area contributed by atoms with Crippen LogP contribution in [0.25, 0.3) is 28.6 Å². The molecule has 0 aliphatic rings. The van der Waals surface area contributed by atoms with Gasteiger partial charge in [0.1, 0.15) is 5.52 Å². The molecule has 4 nitrogen and oxygen atoms in total. The van der Waals surface area contributed by atoms with E-state index >= 15 is 0 Å². The number of oxazole rings is 1. The lowest BCUT2D eigenvalue weighted by Crippen LogP contribution is -2.07. The number of aryl methyl sites for hydroxylation is 1. The van der Waals surface area contributed by atoms with Crippen molar-refractivity contribution in [1.29, 1.82) is 0 Å². The Morgan fingerprint density at radius 3 is 2.56 bits per heavy atom. The number of hydrogen-bond donors (Lipinski definition) is 1. The minimum Gasteiger partial charge on any atom is -0.436 e. The molecule has 1 heterocycles. The fraction of sp³-hybridized carbons (Fsp3) is 0.0435. The van der Waals surface area contributed by atoms with Crippen LogP contribution < -0.4 is 5.32 Å². The number of amides is 1. The molecule has 3 aromatic carbocycles. The number of fused-ring (bicyclic) bond motifs is 1. The fourth-order valence-electron chi connectivity index (χ4n) is 2.77. The normalized spacial score (nSPS) is 11.1. The van der Waals surface area contributed by atoms with E-state index in [2.05, 4.69) is 10.3 Å². The largest absolute Gasteiger partial charge is 0.436 e. The monoisotopic (exact) mass is 354 g/mol. The average molecular weight is 354 g/mol. The van der Waals surface area contributed by atoms with Gasteiger partial charge in [-0.1, -0.05) is 36.4 Å². The lowest BCUT2D eigenvalue weighted by atomic mass is 10.2. The molecule has 132 valence electrons.